The summed E-state index contributed by atoms with van der Waals surface area (Å²) in [4.78, 5) is 5.05. The first kappa shape index (κ1) is 14.3. The fourth-order valence-corrected chi connectivity index (χ4v) is 3.58. The van der Waals surface area contributed by atoms with Gasteiger partial charge in [0.25, 0.3) is 0 Å². The molecule has 0 amide bonds. The number of hydrogen-bond donors (Lipinski definition) is 1. The van der Waals surface area contributed by atoms with Gasteiger partial charge in [0.2, 0.25) is 0 Å². The molecule has 2 N–H and O–H groups in total. The van der Waals surface area contributed by atoms with E-state index in [0.29, 0.717) is 18.2 Å². The van der Waals surface area contributed by atoms with Crippen molar-refractivity contribution in [1.29, 1.82) is 0 Å². The van der Waals surface area contributed by atoms with E-state index in [1.54, 1.807) is 0 Å². The van der Waals surface area contributed by atoms with Crippen LogP contribution in [0.25, 0.3) is 0 Å². The Morgan fingerprint density at radius 3 is 2.33 bits per heavy atom. The van der Waals surface area contributed by atoms with Gasteiger partial charge < -0.3 is 15.4 Å². The largest absolute Gasteiger partial charge is 0.373 e. The van der Waals surface area contributed by atoms with Gasteiger partial charge >= 0.3 is 0 Å². The molecule has 0 radical (unpaired) electrons. The summed E-state index contributed by atoms with van der Waals surface area (Å²) in [5, 5.41) is 0. The minimum atomic E-state index is 0.193. The zero-order valence-electron chi connectivity index (χ0n) is 12.4. The summed E-state index contributed by atoms with van der Waals surface area (Å²) in [5.74, 6) is 0. The van der Waals surface area contributed by atoms with Crippen molar-refractivity contribution in [3.8, 4) is 0 Å². The maximum Gasteiger partial charge on any atom is 0.0678 e. The average molecular weight is 255 g/mol. The van der Waals surface area contributed by atoms with Gasteiger partial charge in [-0.15, -0.1) is 0 Å². The second-order valence-corrected chi connectivity index (χ2v) is 6.37. The molecule has 4 atom stereocenters. The lowest BCUT2D eigenvalue weighted by molar-refractivity contribution is -0.115. The smallest absolute Gasteiger partial charge is 0.0678 e. The lowest BCUT2D eigenvalue weighted by atomic mass is 9.81. The van der Waals surface area contributed by atoms with Crippen LogP contribution in [0, 0.1) is 0 Å². The van der Waals surface area contributed by atoms with Gasteiger partial charge in [0, 0.05) is 31.2 Å². The van der Waals surface area contributed by atoms with Crippen LogP contribution in [0.2, 0.25) is 0 Å². The summed E-state index contributed by atoms with van der Waals surface area (Å²) in [6.07, 6.45) is 3.02. The fourth-order valence-electron chi connectivity index (χ4n) is 3.58. The topological polar surface area (TPSA) is 41.7 Å². The zero-order chi connectivity index (χ0) is 13.3. The molecule has 2 fully saturated rings. The van der Waals surface area contributed by atoms with Gasteiger partial charge in [-0.1, -0.05) is 0 Å². The molecular formula is C14H29N3O. The molecule has 0 spiro atoms. The van der Waals surface area contributed by atoms with Gasteiger partial charge in [0.1, 0.15) is 0 Å². The van der Waals surface area contributed by atoms with Crippen LogP contribution in [0.1, 0.15) is 33.6 Å². The molecule has 18 heavy (non-hydrogen) atoms. The van der Waals surface area contributed by atoms with E-state index in [1.165, 1.54) is 12.8 Å². The molecule has 0 bridgehead atoms. The molecule has 2 aliphatic rings. The van der Waals surface area contributed by atoms with E-state index in [9.17, 15) is 0 Å². The van der Waals surface area contributed by atoms with Crippen molar-refractivity contribution in [1.82, 2.24) is 9.80 Å². The van der Waals surface area contributed by atoms with E-state index in [1.807, 2.05) is 0 Å². The third-order valence-electron chi connectivity index (χ3n) is 4.83. The first-order valence-corrected chi connectivity index (χ1v) is 7.27. The molecule has 2 saturated heterocycles. The van der Waals surface area contributed by atoms with Crippen LogP contribution in [-0.4, -0.2) is 66.8 Å². The fraction of sp³-hybridized carbons (Fsp3) is 1.00. The lowest BCUT2D eigenvalue weighted by Gasteiger charge is -2.53. The highest BCUT2D eigenvalue weighted by molar-refractivity contribution is 5.00. The van der Waals surface area contributed by atoms with Gasteiger partial charge in [0.05, 0.1) is 12.2 Å². The molecule has 106 valence electrons. The molecule has 0 aromatic rings. The Bertz CT molecular complexity index is 276. The summed E-state index contributed by atoms with van der Waals surface area (Å²) in [7, 11) is 2.22. The Kier molecular flexibility index (Phi) is 4.32. The Balaban J connectivity index is 2.11. The second kappa shape index (κ2) is 5.45. The number of nitrogens with zero attached hydrogens (tertiary/aromatic N) is 2. The first-order chi connectivity index (χ1) is 8.47. The molecule has 4 nitrogen and oxygen atoms in total. The minimum absolute atomic E-state index is 0.193. The molecule has 0 saturated carbocycles. The van der Waals surface area contributed by atoms with E-state index in [4.69, 9.17) is 10.5 Å². The molecular weight excluding hydrogens is 226 g/mol. The van der Waals surface area contributed by atoms with Gasteiger partial charge in [-0.3, -0.25) is 4.90 Å². The summed E-state index contributed by atoms with van der Waals surface area (Å²) in [6, 6.07) is 0.621. The van der Waals surface area contributed by atoms with Crippen molar-refractivity contribution in [2.75, 3.05) is 33.2 Å². The van der Waals surface area contributed by atoms with E-state index in [2.05, 4.69) is 37.6 Å². The zero-order valence-corrected chi connectivity index (χ0v) is 12.4. The monoisotopic (exact) mass is 255 g/mol. The molecule has 2 rings (SSSR count). The summed E-state index contributed by atoms with van der Waals surface area (Å²) in [6.45, 7) is 10.6. The van der Waals surface area contributed by atoms with Crippen molar-refractivity contribution in [2.45, 2.75) is 57.4 Å². The minimum Gasteiger partial charge on any atom is -0.373 e. The predicted molar refractivity (Wildman–Crippen MR) is 74.7 cm³/mol. The molecule has 4 unspecified atom stereocenters. The molecule has 2 heterocycles. The molecule has 0 aliphatic carbocycles. The third-order valence-corrected chi connectivity index (χ3v) is 4.83. The SMILES string of the molecule is CC1CN(C2(CN)CCN(C)C(C)C2)CC(C)O1. The standard InChI is InChI=1S/C14H29N3O/c1-11-7-14(10-15,5-6-16(11)4)17-8-12(2)18-13(3)9-17/h11-13H,5-10,15H2,1-4H3. The Hall–Kier alpha value is -0.160. The summed E-state index contributed by atoms with van der Waals surface area (Å²) < 4.78 is 5.85. The van der Waals surface area contributed by atoms with Gasteiger partial charge in [-0.2, -0.15) is 0 Å². The van der Waals surface area contributed by atoms with Gasteiger partial charge in [-0.05, 0) is 47.2 Å². The number of nitrogens with two attached hydrogens (primary N) is 1. The van der Waals surface area contributed by atoms with Gasteiger partial charge in [-0.25, -0.2) is 0 Å². The van der Waals surface area contributed by atoms with Crippen LogP contribution in [-0.2, 0) is 4.74 Å². The molecule has 0 aromatic heterocycles. The number of rotatable bonds is 2. The highest BCUT2D eigenvalue weighted by Crippen LogP contribution is 2.33. The molecule has 0 aromatic carbocycles. The third kappa shape index (κ3) is 2.72. The highest BCUT2D eigenvalue weighted by atomic mass is 16.5. The normalized spacial score (nSPS) is 44.2. The Labute approximate surface area is 111 Å². The summed E-state index contributed by atoms with van der Waals surface area (Å²) >= 11 is 0. The number of likely N-dealkylation sites (tertiary alicyclic amines) is 1. The van der Waals surface area contributed by atoms with Crippen molar-refractivity contribution >= 4 is 0 Å². The summed E-state index contributed by atoms with van der Waals surface area (Å²) in [5.41, 5.74) is 6.36. The van der Waals surface area contributed by atoms with Gasteiger partial charge in [0.15, 0.2) is 0 Å². The number of hydrogen-bond acceptors (Lipinski definition) is 4. The Morgan fingerprint density at radius 2 is 1.83 bits per heavy atom. The number of morpholine rings is 1. The predicted octanol–water partition coefficient (Wildman–Crippen LogP) is 0.907. The average Bonchev–Trinajstić information content (AvgIpc) is 2.31. The van der Waals surface area contributed by atoms with E-state index in [0.717, 1.165) is 26.2 Å². The van der Waals surface area contributed by atoms with Crippen LogP contribution in [0.3, 0.4) is 0 Å². The van der Waals surface area contributed by atoms with Crippen LogP contribution in [0.4, 0.5) is 0 Å². The maximum atomic E-state index is 6.17. The van der Waals surface area contributed by atoms with Crippen LogP contribution < -0.4 is 5.73 Å². The lowest BCUT2D eigenvalue weighted by Crippen LogP contribution is -2.65. The second-order valence-electron chi connectivity index (χ2n) is 6.37. The van der Waals surface area contributed by atoms with E-state index < -0.39 is 0 Å². The number of ether oxygens (including phenoxy) is 1. The van der Waals surface area contributed by atoms with Crippen LogP contribution >= 0.6 is 0 Å². The van der Waals surface area contributed by atoms with Crippen molar-refractivity contribution in [3.63, 3.8) is 0 Å². The first-order valence-electron chi connectivity index (χ1n) is 7.27. The maximum absolute atomic E-state index is 6.17. The van der Waals surface area contributed by atoms with Crippen LogP contribution in [0.15, 0.2) is 0 Å². The van der Waals surface area contributed by atoms with Crippen molar-refractivity contribution < 1.29 is 4.74 Å². The van der Waals surface area contributed by atoms with E-state index >= 15 is 0 Å². The van der Waals surface area contributed by atoms with Crippen LogP contribution in [0.5, 0.6) is 0 Å². The quantitative estimate of drug-likeness (QED) is 0.796. The Morgan fingerprint density at radius 1 is 1.22 bits per heavy atom. The molecule has 2 aliphatic heterocycles. The van der Waals surface area contributed by atoms with E-state index in [-0.39, 0.29) is 5.54 Å². The molecule has 4 heteroatoms. The highest BCUT2D eigenvalue weighted by Gasteiger charge is 2.43. The number of piperidine rings is 1. The van der Waals surface area contributed by atoms with Crippen molar-refractivity contribution in [2.24, 2.45) is 5.73 Å². The van der Waals surface area contributed by atoms with Crippen molar-refractivity contribution in [3.05, 3.63) is 0 Å².